The number of carbonyl (C=O) groups excluding carboxylic acids is 1. The van der Waals surface area contributed by atoms with E-state index in [0.717, 1.165) is 5.56 Å². The van der Waals surface area contributed by atoms with Crippen molar-refractivity contribution in [3.8, 4) is 5.75 Å². The maximum Gasteiger partial charge on any atom is 0.265 e. The average Bonchev–Trinajstić information content (AvgIpc) is 2.44. The third-order valence-corrected chi connectivity index (χ3v) is 3.61. The number of hydrogen-bond donors (Lipinski definition) is 2. The van der Waals surface area contributed by atoms with Crippen molar-refractivity contribution >= 4 is 40.5 Å². The van der Waals surface area contributed by atoms with Crippen LogP contribution in [0.2, 0.25) is 10.0 Å². The SMILES string of the molecule is Cc1cc(N)ccc1NC(=O)[C@@H](C)Oc1ccc(Cl)cc1Cl. The molecule has 22 heavy (non-hydrogen) atoms. The summed E-state index contributed by atoms with van der Waals surface area (Å²) in [5, 5.41) is 3.66. The van der Waals surface area contributed by atoms with Gasteiger partial charge in [0, 0.05) is 16.4 Å². The molecule has 1 atom stereocenters. The standard InChI is InChI=1S/C16H16Cl2N2O2/c1-9-7-12(19)4-5-14(9)20-16(21)10(2)22-15-6-3-11(17)8-13(15)18/h3-8,10H,19H2,1-2H3,(H,20,21)/t10-/m1/s1. The van der Waals surface area contributed by atoms with E-state index in [2.05, 4.69) is 5.32 Å². The van der Waals surface area contributed by atoms with Crippen molar-refractivity contribution in [1.29, 1.82) is 0 Å². The van der Waals surface area contributed by atoms with Crippen LogP contribution in [0.4, 0.5) is 11.4 Å². The van der Waals surface area contributed by atoms with Gasteiger partial charge in [-0.1, -0.05) is 23.2 Å². The molecule has 116 valence electrons. The lowest BCUT2D eigenvalue weighted by Gasteiger charge is -2.16. The Bertz CT molecular complexity index is 705. The summed E-state index contributed by atoms with van der Waals surface area (Å²) < 4.78 is 5.57. The van der Waals surface area contributed by atoms with Gasteiger partial charge in [-0.25, -0.2) is 0 Å². The molecule has 0 saturated heterocycles. The van der Waals surface area contributed by atoms with Crippen molar-refractivity contribution in [2.24, 2.45) is 0 Å². The van der Waals surface area contributed by atoms with E-state index >= 15 is 0 Å². The van der Waals surface area contributed by atoms with Crippen molar-refractivity contribution in [1.82, 2.24) is 0 Å². The van der Waals surface area contributed by atoms with Gasteiger partial charge < -0.3 is 15.8 Å². The van der Waals surface area contributed by atoms with Gasteiger partial charge in [-0.3, -0.25) is 4.79 Å². The maximum atomic E-state index is 12.2. The molecule has 0 heterocycles. The first-order valence-electron chi connectivity index (χ1n) is 6.65. The van der Waals surface area contributed by atoms with Gasteiger partial charge >= 0.3 is 0 Å². The molecule has 0 bridgehead atoms. The number of nitrogens with one attached hydrogen (secondary N) is 1. The molecule has 0 saturated carbocycles. The second kappa shape index (κ2) is 6.90. The van der Waals surface area contributed by atoms with Crippen LogP contribution in [0.5, 0.6) is 5.75 Å². The van der Waals surface area contributed by atoms with E-state index in [-0.39, 0.29) is 5.91 Å². The van der Waals surface area contributed by atoms with E-state index < -0.39 is 6.10 Å². The molecule has 0 aliphatic carbocycles. The molecule has 6 heteroatoms. The highest BCUT2D eigenvalue weighted by molar-refractivity contribution is 6.35. The predicted octanol–water partition coefficient (Wildman–Crippen LogP) is 4.29. The summed E-state index contributed by atoms with van der Waals surface area (Å²) in [7, 11) is 0. The number of anilines is 2. The molecule has 4 nitrogen and oxygen atoms in total. The van der Waals surface area contributed by atoms with Gasteiger partial charge in [-0.2, -0.15) is 0 Å². The molecule has 2 rings (SSSR count). The van der Waals surface area contributed by atoms with Gasteiger partial charge in [0.25, 0.3) is 5.91 Å². The Balaban J connectivity index is 2.05. The molecule has 0 spiro atoms. The summed E-state index contributed by atoms with van der Waals surface area (Å²) in [6.07, 6.45) is -0.712. The Hall–Kier alpha value is -1.91. The minimum atomic E-state index is -0.712. The van der Waals surface area contributed by atoms with Crippen molar-refractivity contribution in [2.45, 2.75) is 20.0 Å². The number of nitrogen functional groups attached to an aromatic ring is 1. The van der Waals surface area contributed by atoms with Crippen molar-refractivity contribution in [3.63, 3.8) is 0 Å². The molecular weight excluding hydrogens is 323 g/mol. The minimum Gasteiger partial charge on any atom is -0.479 e. The largest absolute Gasteiger partial charge is 0.479 e. The quantitative estimate of drug-likeness (QED) is 0.817. The number of halogens is 2. The summed E-state index contributed by atoms with van der Waals surface area (Å²) in [5.74, 6) is 0.127. The molecule has 0 aromatic heterocycles. The Labute approximate surface area is 139 Å². The smallest absolute Gasteiger partial charge is 0.265 e. The van der Waals surface area contributed by atoms with Crippen LogP contribution >= 0.6 is 23.2 Å². The molecule has 0 aliphatic rings. The number of nitrogens with two attached hydrogens (primary N) is 1. The highest BCUT2D eigenvalue weighted by Gasteiger charge is 2.17. The summed E-state index contributed by atoms with van der Waals surface area (Å²) in [4.78, 5) is 12.2. The van der Waals surface area contributed by atoms with Crippen molar-refractivity contribution < 1.29 is 9.53 Å². The van der Waals surface area contributed by atoms with E-state index in [1.54, 1.807) is 43.3 Å². The molecule has 0 unspecified atom stereocenters. The molecule has 1 amide bonds. The first-order chi connectivity index (χ1) is 10.4. The first-order valence-corrected chi connectivity index (χ1v) is 7.41. The Morgan fingerprint density at radius 3 is 2.59 bits per heavy atom. The van der Waals surface area contributed by atoms with E-state index in [1.807, 2.05) is 6.92 Å². The molecule has 2 aromatic rings. The summed E-state index contributed by atoms with van der Waals surface area (Å²) in [6, 6.07) is 10.1. The number of rotatable bonds is 4. The highest BCUT2D eigenvalue weighted by Crippen LogP contribution is 2.28. The second-order valence-corrected chi connectivity index (χ2v) is 5.74. The number of aryl methyl sites for hydroxylation is 1. The molecule has 0 aliphatic heterocycles. The van der Waals surface area contributed by atoms with Gasteiger partial charge in [0.1, 0.15) is 5.75 Å². The van der Waals surface area contributed by atoms with E-state index in [0.29, 0.717) is 27.2 Å². The minimum absolute atomic E-state index is 0.279. The molecule has 2 aromatic carbocycles. The Morgan fingerprint density at radius 1 is 1.23 bits per heavy atom. The van der Waals surface area contributed by atoms with Crippen LogP contribution in [0.1, 0.15) is 12.5 Å². The average molecular weight is 339 g/mol. The fourth-order valence-corrected chi connectivity index (χ4v) is 2.33. The number of amides is 1. The Morgan fingerprint density at radius 2 is 1.95 bits per heavy atom. The summed E-state index contributed by atoms with van der Waals surface area (Å²) in [5.41, 5.74) is 7.90. The monoisotopic (exact) mass is 338 g/mol. The van der Waals surface area contributed by atoms with E-state index in [4.69, 9.17) is 33.7 Å². The molecule has 0 fully saturated rings. The number of hydrogen-bond acceptors (Lipinski definition) is 3. The van der Waals surface area contributed by atoms with Gasteiger partial charge in [0.2, 0.25) is 0 Å². The van der Waals surface area contributed by atoms with Crippen LogP contribution in [0.3, 0.4) is 0 Å². The fraction of sp³-hybridized carbons (Fsp3) is 0.188. The third-order valence-electron chi connectivity index (χ3n) is 3.08. The zero-order valence-electron chi connectivity index (χ0n) is 12.2. The second-order valence-electron chi connectivity index (χ2n) is 4.90. The van der Waals surface area contributed by atoms with Crippen molar-refractivity contribution in [2.75, 3.05) is 11.1 Å². The number of ether oxygens (including phenoxy) is 1. The lowest BCUT2D eigenvalue weighted by molar-refractivity contribution is -0.122. The highest BCUT2D eigenvalue weighted by atomic mass is 35.5. The van der Waals surface area contributed by atoms with E-state index in [9.17, 15) is 4.79 Å². The van der Waals surface area contributed by atoms with Crippen molar-refractivity contribution in [3.05, 3.63) is 52.0 Å². The number of carbonyl (C=O) groups is 1. The topological polar surface area (TPSA) is 64.3 Å². The summed E-state index contributed by atoms with van der Waals surface area (Å²) in [6.45, 7) is 3.51. The third kappa shape index (κ3) is 4.06. The van der Waals surface area contributed by atoms with Crippen LogP contribution in [0.15, 0.2) is 36.4 Å². The van der Waals surface area contributed by atoms with Gasteiger partial charge in [-0.15, -0.1) is 0 Å². The van der Waals surface area contributed by atoms with Crippen LogP contribution < -0.4 is 15.8 Å². The van der Waals surface area contributed by atoms with E-state index in [1.165, 1.54) is 0 Å². The van der Waals surface area contributed by atoms with Gasteiger partial charge in [0.05, 0.1) is 5.02 Å². The lowest BCUT2D eigenvalue weighted by Crippen LogP contribution is -2.30. The Kier molecular flexibility index (Phi) is 5.16. The van der Waals surface area contributed by atoms with Crippen LogP contribution in [-0.2, 0) is 4.79 Å². The number of benzene rings is 2. The zero-order chi connectivity index (χ0) is 16.3. The molecular formula is C16H16Cl2N2O2. The molecule has 0 radical (unpaired) electrons. The van der Waals surface area contributed by atoms with Crippen LogP contribution in [0, 0.1) is 6.92 Å². The van der Waals surface area contributed by atoms with Gasteiger partial charge in [0.15, 0.2) is 6.10 Å². The zero-order valence-corrected chi connectivity index (χ0v) is 13.7. The molecule has 3 N–H and O–H groups in total. The van der Waals surface area contributed by atoms with Crippen LogP contribution in [-0.4, -0.2) is 12.0 Å². The predicted molar refractivity (Wildman–Crippen MR) is 90.8 cm³/mol. The lowest BCUT2D eigenvalue weighted by atomic mass is 10.1. The normalized spacial score (nSPS) is 11.8. The van der Waals surface area contributed by atoms with Crippen LogP contribution in [0.25, 0.3) is 0 Å². The summed E-state index contributed by atoms with van der Waals surface area (Å²) >= 11 is 11.9. The fourth-order valence-electron chi connectivity index (χ4n) is 1.88. The first kappa shape index (κ1) is 16.5. The van der Waals surface area contributed by atoms with Gasteiger partial charge in [-0.05, 0) is 55.8 Å². The maximum absolute atomic E-state index is 12.2.